The van der Waals surface area contributed by atoms with Gasteiger partial charge in [-0.1, -0.05) is 18.2 Å². The molecule has 2 heterocycles. The van der Waals surface area contributed by atoms with Crippen LogP contribution in [0.15, 0.2) is 30.3 Å². The van der Waals surface area contributed by atoms with Gasteiger partial charge in [-0.15, -0.1) is 0 Å². The molecule has 0 radical (unpaired) electrons. The maximum absolute atomic E-state index is 13.5. The molecule has 0 fully saturated rings. The molecule has 0 aromatic heterocycles. The highest BCUT2D eigenvalue weighted by atomic mass is 16.7. The fraction of sp³-hybridized carbons (Fsp3) is 0.469. The summed E-state index contributed by atoms with van der Waals surface area (Å²) in [4.78, 5) is 40.6. The molecular formula is C32H40N2O8. The van der Waals surface area contributed by atoms with E-state index < -0.39 is 23.7 Å². The second-order valence-corrected chi connectivity index (χ2v) is 11.1. The van der Waals surface area contributed by atoms with Crippen molar-refractivity contribution in [1.29, 1.82) is 0 Å². The first-order valence-electron chi connectivity index (χ1n) is 14.4. The lowest BCUT2D eigenvalue weighted by molar-refractivity contribution is -0.121. The smallest absolute Gasteiger partial charge is 0.342 e. The summed E-state index contributed by atoms with van der Waals surface area (Å²) >= 11 is 0. The molecule has 4 rings (SSSR count). The van der Waals surface area contributed by atoms with Crippen molar-refractivity contribution < 1.29 is 38.8 Å². The summed E-state index contributed by atoms with van der Waals surface area (Å²) in [7, 11) is 3.81. The van der Waals surface area contributed by atoms with E-state index in [1.807, 2.05) is 19.0 Å². The summed E-state index contributed by atoms with van der Waals surface area (Å²) in [5.41, 5.74) is 0.836. The number of cyclic esters (lactones) is 1. The number of nitrogens with zero attached hydrogens (tertiary/aromatic N) is 1. The third-order valence-electron chi connectivity index (χ3n) is 7.47. The fourth-order valence-corrected chi connectivity index (χ4v) is 5.21. The molecule has 42 heavy (non-hydrogen) atoms. The predicted octanol–water partition coefficient (Wildman–Crippen LogP) is 4.51. The lowest BCUT2D eigenvalue weighted by Gasteiger charge is -2.23. The van der Waals surface area contributed by atoms with E-state index in [-0.39, 0.29) is 47.3 Å². The zero-order chi connectivity index (χ0) is 30.2. The molecule has 0 saturated heterocycles. The van der Waals surface area contributed by atoms with Crippen LogP contribution in [-0.2, 0) is 14.3 Å². The van der Waals surface area contributed by atoms with Crippen molar-refractivity contribution in [2.45, 2.75) is 63.9 Å². The third kappa shape index (κ3) is 7.82. The Morgan fingerprint density at radius 1 is 1.10 bits per heavy atom. The number of ketones is 1. The highest BCUT2D eigenvalue weighted by Gasteiger charge is 2.31. The van der Waals surface area contributed by atoms with Crippen molar-refractivity contribution in [3.63, 3.8) is 0 Å². The van der Waals surface area contributed by atoms with Gasteiger partial charge in [0.25, 0.3) is 0 Å². The molecule has 0 bridgehead atoms. The molecule has 1 unspecified atom stereocenters. The normalized spacial score (nSPS) is 18.2. The maximum Gasteiger partial charge on any atom is 0.342 e. The monoisotopic (exact) mass is 580 g/mol. The van der Waals surface area contributed by atoms with Crippen molar-refractivity contribution in [2.24, 2.45) is 0 Å². The standard InChI is InChI=1S/C32H40N2O8/c1-20-8-7-11-23(35)10-6-4-5-9-22-16-25(36)30(31(38)29(22)32(39)42-20)24(18-28(37)33-14-15-34(2)3)21-12-13-26-27(17-21)41-19-40-26/h5,9,12-13,16-17,20,24,36,38H,4,6-8,10-11,14-15,18-19H2,1-3H3,(H,33,37)/t20-,24?/m0/s1. The van der Waals surface area contributed by atoms with E-state index in [4.69, 9.17) is 14.2 Å². The Morgan fingerprint density at radius 2 is 1.86 bits per heavy atom. The molecule has 2 atom stereocenters. The second kappa shape index (κ2) is 14.2. The highest BCUT2D eigenvalue weighted by Crippen LogP contribution is 2.46. The number of amides is 1. The van der Waals surface area contributed by atoms with Crippen LogP contribution < -0.4 is 14.8 Å². The first kappa shape index (κ1) is 30.9. The van der Waals surface area contributed by atoms with Gasteiger partial charge in [-0.25, -0.2) is 4.79 Å². The van der Waals surface area contributed by atoms with E-state index in [2.05, 4.69) is 5.32 Å². The van der Waals surface area contributed by atoms with Crippen LogP contribution >= 0.6 is 0 Å². The molecule has 0 spiro atoms. The van der Waals surface area contributed by atoms with Gasteiger partial charge in [-0.2, -0.15) is 0 Å². The van der Waals surface area contributed by atoms with Gasteiger partial charge >= 0.3 is 5.97 Å². The number of esters is 1. The van der Waals surface area contributed by atoms with E-state index >= 15 is 0 Å². The average Bonchev–Trinajstić information content (AvgIpc) is 3.39. The first-order chi connectivity index (χ1) is 20.1. The molecule has 2 aliphatic heterocycles. The first-order valence-corrected chi connectivity index (χ1v) is 14.4. The minimum atomic E-state index is -0.822. The third-order valence-corrected chi connectivity index (χ3v) is 7.47. The van der Waals surface area contributed by atoms with Crippen molar-refractivity contribution in [3.05, 3.63) is 52.6 Å². The van der Waals surface area contributed by atoms with Gasteiger partial charge in [0, 0.05) is 43.8 Å². The molecule has 3 N–H and O–H groups in total. The number of phenolic OH excluding ortho intramolecular Hbond substituents is 2. The molecule has 0 aliphatic carbocycles. The molecule has 1 amide bonds. The number of phenols is 2. The number of rotatable bonds is 7. The summed E-state index contributed by atoms with van der Waals surface area (Å²) in [6.07, 6.45) is 6.09. The van der Waals surface area contributed by atoms with Crippen LogP contribution in [0.4, 0.5) is 0 Å². The van der Waals surface area contributed by atoms with Crippen LogP contribution in [0.1, 0.15) is 84.8 Å². The summed E-state index contributed by atoms with van der Waals surface area (Å²) in [5, 5.41) is 25.8. The van der Waals surface area contributed by atoms with Crippen LogP contribution in [0, 0.1) is 0 Å². The number of allylic oxidation sites excluding steroid dienone is 1. The van der Waals surface area contributed by atoms with E-state index in [1.54, 1.807) is 37.3 Å². The number of ether oxygens (including phenoxy) is 3. The van der Waals surface area contributed by atoms with Crippen LogP contribution in [0.25, 0.3) is 6.08 Å². The Hall–Kier alpha value is -4.05. The van der Waals surface area contributed by atoms with Gasteiger partial charge in [-0.3, -0.25) is 9.59 Å². The zero-order valence-electron chi connectivity index (χ0n) is 24.5. The van der Waals surface area contributed by atoms with E-state index in [0.29, 0.717) is 68.7 Å². The van der Waals surface area contributed by atoms with Crippen LogP contribution in [0.2, 0.25) is 0 Å². The summed E-state index contributed by atoms with van der Waals surface area (Å²) in [5.74, 6) is -1.35. The Bertz CT molecular complexity index is 1340. The molecule has 2 aliphatic rings. The molecule has 2 aromatic carbocycles. The number of Topliss-reactive ketones (excluding diaryl/α,β-unsaturated/α-hetero) is 1. The molecule has 10 heteroatoms. The summed E-state index contributed by atoms with van der Waals surface area (Å²) < 4.78 is 16.7. The zero-order valence-corrected chi connectivity index (χ0v) is 24.5. The van der Waals surface area contributed by atoms with Crippen LogP contribution in [0.3, 0.4) is 0 Å². The Kier molecular flexibility index (Phi) is 10.5. The lowest BCUT2D eigenvalue weighted by Crippen LogP contribution is -2.32. The Labute approximate surface area is 246 Å². The fourth-order valence-electron chi connectivity index (χ4n) is 5.21. The molecule has 0 saturated carbocycles. The number of carbonyl (C=O) groups excluding carboxylic acids is 3. The second-order valence-electron chi connectivity index (χ2n) is 11.1. The number of hydrogen-bond donors (Lipinski definition) is 3. The SMILES string of the molecule is C[C@H]1CCCC(=O)CCCC=Cc2cc(O)c(C(CC(=O)NCCN(C)C)c3ccc4c(c3)OCO4)c(O)c2C(=O)O1. The molecule has 10 nitrogen and oxygen atoms in total. The van der Waals surface area contributed by atoms with Gasteiger partial charge < -0.3 is 34.6 Å². The van der Waals surface area contributed by atoms with Gasteiger partial charge in [-0.05, 0) is 76.0 Å². The quantitative estimate of drug-likeness (QED) is 0.405. The predicted molar refractivity (Wildman–Crippen MR) is 157 cm³/mol. The lowest BCUT2D eigenvalue weighted by atomic mass is 9.84. The van der Waals surface area contributed by atoms with Gasteiger partial charge in [0.1, 0.15) is 22.8 Å². The number of likely N-dealkylation sites (N-methyl/N-ethyl adjacent to an activating group) is 1. The number of carbonyl (C=O) groups is 3. The Balaban J connectivity index is 1.77. The van der Waals surface area contributed by atoms with Crippen molar-refractivity contribution in [2.75, 3.05) is 34.0 Å². The highest BCUT2D eigenvalue weighted by molar-refractivity contribution is 5.98. The van der Waals surface area contributed by atoms with Crippen molar-refractivity contribution >= 4 is 23.7 Å². The van der Waals surface area contributed by atoms with E-state index in [9.17, 15) is 24.6 Å². The van der Waals surface area contributed by atoms with E-state index in [0.717, 1.165) is 0 Å². The Morgan fingerprint density at radius 3 is 2.64 bits per heavy atom. The van der Waals surface area contributed by atoms with E-state index in [1.165, 1.54) is 6.07 Å². The van der Waals surface area contributed by atoms with Gasteiger partial charge in [0.05, 0.1) is 6.10 Å². The topological polar surface area (TPSA) is 135 Å². The largest absolute Gasteiger partial charge is 0.507 e. The van der Waals surface area contributed by atoms with Crippen LogP contribution in [0.5, 0.6) is 23.0 Å². The number of fused-ring (bicyclic) bond motifs is 2. The van der Waals surface area contributed by atoms with Gasteiger partial charge in [0.2, 0.25) is 12.7 Å². The molecule has 2 aromatic rings. The maximum atomic E-state index is 13.5. The average molecular weight is 581 g/mol. The number of hydrogen-bond acceptors (Lipinski definition) is 9. The number of aromatic hydroxyl groups is 2. The van der Waals surface area contributed by atoms with Crippen molar-refractivity contribution in [3.8, 4) is 23.0 Å². The number of benzene rings is 2. The molecule has 226 valence electrons. The van der Waals surface area contributed by atoms with Gasteiger partial charge in [0.15, 0.2) is 11.5 Å². The summed E-state index contributed by atoms with van der Waals surface area (Å²) in [6, 6.07) is 6.59. The minimum absolute atomic E-state index is 0.0418. The number of nitrogens with one attached hydrogen (secondary N) is 1. The van der Waals surface area contributed by atoms with Crippen molar-refractivity contribution in [1.82, 2.24) is 10.2 Å². The minimum Gasteiger partial charge on any atom is -0.507 e. The molecular weight excluding hydrogens is 540 g/mol. The summed E-state index contributed by atoms with van der Waals surface area (Å²) in [6.45, 7) is 2.87. The van der Waals surface area contributed by atoms with Crippen LogP contribution in [-0.4, -0.2) is 72.9 Å².